The van der Waals surface area contributed by atoms with E-state index in [1.807, 2.05) is 48.5 Å². The predicted octanol–water partition coefficient (Wildman–Crippen LogP) is 0.776. The van der Waals surface area contributed by atoms with Crippen molar-refractivity contribution in [2.24, 2.45) is 0 Å². The summed E-state index contributed by atoms with van der Waals surface area (Å²) in [5.41, 5.74) is 1.89. The molecule has 50 heavy (non-hydrogen) atoms. The molecule has 0 saturated carbocycles. The largest absolute Gasteiger partial charge is 0.417 e. The van der Waals surface area contributed by atoms with Crippen molar-refractivity contribution < 1.29 is 42.8 Å². The quantitative estimate of drug-likeness (QED) is 0.126. The van der Waals surface area contributed by atoms with Gasteiger partial charge in [-0.2, -0.15) is 4.98 Å². The monoisotopic (exact) mass is 747 g/mol. The van der Waals surface area contributed by atoms with Gasteiger partial charge in [0.05, 0.1) is 24.7 Å². The zero-order valence-electron chi connectivity index (χ0n) is 26.5. The van der Waals surface area contributed by atoms with Crippen LogP contribution in [0.3, 0.4) is 0 Å². The van der Waals surface area contributed by atoms with Crippen LogP contribution in [0, 0.1) is 10.2 Å². The van der Waals surface area contributed by atoms with Gasteiger partial charge < -0.3 is 14.1 Å². The highest BCUT2D eigenvalue weighted by Crippen LogP contribution is 2.56. The molecule has 0 atom stereocenters. The Bertz CT molecular complexity index is 1840. The molecule has 0 N–H and O–H groups in total. The third-order valence-electron chi connectivity index (χ3n) is 7.97. The van der Waals surface area contributed by atoms with Gasteiger partial charge in [0.2, 0.25) is 5.89 Å². The van der Waals surface area contributed by atoms with E-state index >= 15 is 0 Å². The molecule has 256 valence electrons. The summed E-state index contributed by atoms with van der Waals surface area (Å²) in [5, 5.41) is 3.52. The molecule has 1 aromatic heterocycles. The van der Waals surface area contributed by atoms with Crippen molar-refractivity contribution in [1.29, 1.82) is 0 Å². The first-order valence-corrected chi connectivity index (χ1v) is 19.7. The molecule has 4 aromatic carbocycles. The zero-order chi connectivity index (χ0) is 35.1. The summed E-state index contributed by atoms with van der Waals surface area (Å²) in [5.74, 6) is 0.963. The van der Waals surface area contributed by atoms with E-state index in [9.17, 15) is 4.79 Å². The molecule has 7 rings (SSSR count). The summed E-state index contributed by atoms with van der Waals surface area (Å²) in [4.78, 5) is 23.3. The fourth-order valence-electron chi connectivity index (χ4n) is 5.86. The second-order valence-corrected chi connectivity index (χ2v) is 16.8. The van der Waals surface area contributed by atoms with Crippen LogP contribution in [0.1, 0.15) is 11.5 Å². The topological polar surface area (TPSA) is 151 Å². The summed E-state index contributed by atoms with van der Waals surface area (Å²) in [6.45, 7) is 2.98. The molecule has 2 aliphatic heterocycles. The third kappa shape index (κ3) is 8.16. The van der Waals surface area contributed by atoms with Gasteiger partial charge in [-0.3, -0.25) is 9.69 Å². The highest BCUT2D eigenvalue weighted by Gasteiger charge is 2.53. The summed E-state index contributed by atoms with van der Waals surface area (Å²) in [6, 6.07) is 41.7. The van der Waals surface area contributed by atoms with Crippen LogP contribution in [-0.2, 0) is 16.1 Å². The number of carbonyl (C=O) groups is 1. The van der Waals surface area contributed by atoms with Gasteiger partial charge in [0, 0.05) is 19.2 Å². The van der Waals surface area contributed by atoms with E-state index in [4.69, 9.17) is 45.0 Å². The maximum atomic E-state index is 13.6. The van der Waals surface area contributed by atoms with Gasteiger partial charge >= 0.3 is 0 Å². The Hall–Kier alpha value is -3.94. The molecule has 5 aromatic rings. The molecule has 0 unspecified atom stereocenters. The SMILES string of the molecule is O=C1/C(=C\c2nc([P+](c3ccccc3)(c3ccccc3)c3ccccc3)c(N3CCOCC3)o2)SC(=S)N1Cc1ccccc1.[O-][Cl+3]([O-])([O-])[O-]. The van der Waals surface area contributed by atoms with Gasteiger partial charge in [0.15, 0.2) is 7.26 Å². The molecule has 10 nitrogen and oxygen atoms in total. The van der Waals surface area contributed by atoms with E-state index in [1.165, 1.54) is 27.7 Å². The fourth-order valence-corrected chi connectivity index (χ4v) is 11.3. The van der Waals surface area contributed by atoms with Crippen LogP contribution in [-0.4, -0.2) is 46.4 Å². The molecule has 14 heteroatoms. The summed E-state index contributed by atoms with van der Waals surface area (Å²) < 4.78 is 46.9. The lowest BCUT2D eigenvalue weighted by molar-refractivity contribution is -2.00. The van der Waals surface area contributed by atoms with Crippen LogP contribution in [0.5, 0.6) is 0 Å². The Morgan fingerprint density at radius 3 is 1.72 bits per heavy atom. The number of aromatic nitrogens is 1. The first-order chi connectivity index (χ1) is 24.1. The van der Waals surface area contributed by atoms with Crippen molar-refractivity contribution in [3.63, 3.8) is 0 Å². The lowest BCUT2D eigenvalue weighted by Crippen LogP contribution is -2.68. The minimum absolute atomic E-state index is 0.142. The number of morpholine rings is 1. The molecule has 2 saturated heterocycles. The summed E-state index contributed by atoms with van der Waals surface area (Å²) in [7, 11) is -7.51. The molecule has 0 aliphatic carbocycles. The van der Waals surface area contributed by atoms with E-state index in [2.05, 4.69) is 77.7 Å². The number of ether oxygens (including phenoxy) is 1. The van der Waals surface area contributed by atoms with E-state index in [0.717, 1.165) is 11.0 Å². The summed E-state index contributed by atoms with van der Waals surface area (Å²) >= 11 is 6.94. The molecule has 0 radical (unpaired) electrons. The number of thiocarbonyl (C=S) groups is 1. The van der Waals surface area contributed by atoms with Crippen molar-refractivity contribution in [2.45, 2.75) is 6.54 Å². The molecular formula is C36H31ClN3O7PS2. The normalized spacial score (nSPS) is 16.0. The molecule has 3 heterocycles. The van der Waals surface area contributed by atoms with Crippen molar-refractivity contribution in [1.82, 2.24) is 9.88 Å². The average molecular weight is 748 g/mol. The first kappa shape index (κ1) is 35.9. The molecule has 1 amide bonds. The number of carbonyl (C=O) groups excluding carboxylic acids is 1. The van der Waals surface area contributed by atoms with E-state index in [1.54, 1.807) is 11.0 Å². The minimum Gasteiger partial charge on any atom is -0.417 e. The fraction of sp³-hybridized carbons (Fsp3) is 0.139. The van der Waals surface area contributed by atoms with E-state index in [-0.39, 0.29) is 5.91 Å². The standard InChI is InChI=1S/C36H31N3O3PS2.ClHO4/c40-34-31(45-36(44)39(34)26-27-13-5-1-6-14-27)25-32-37-33(35(42-32)38-21-23-41-24-22-38)43(28-15-7-2-8-16-28,29-17-9-3-10-18-29)30-19-11-4-12-20-30;2-1(3,4)5/h1-20,25H,21-24,26H2;(H,2,3,4,5)/q+1;/p-1/b31-25+;. The number of hydrogen-bond donors (Lipinski definition) is 0. The number of hydrogen-bond acceptors (Lipinski definition) is 11. The van der Waals surface area contributed by atoms with Gasteiger partial charge in [-0.05, 0) is 42.0 Å². The van der Waals surface area contributed by atoms with Crippen molar-refractivity contribution >= 4 is 74.8 Å². The minimum atomic E-state index is -4.94. The molecule has 2 aliphatic rings. The van der Waals surface area contributed by atoms with Crippen LogP contribution < -0.4 is 44.9 Å². The predicted molar refractivity (Wildman–Crippen MR) is 189 cm³/mol. The Kier molecular flexibility index (Phi) is 11.4. The number of benzene rings is 4. The highest BCUT2D eigenvalue weighted by molar-refractivity contribution is 8.26. The molecule has 2 fully saturated rings. The van der Waals surface area contributed by atoms with Crippen molar-refractivity contribution in [3.8, 4) is 0 Å². The van der Waals surface area contributed by atoms with Crippen LogP contribution in [0.4, 0.5) is 5.88 Å². The highest BCUT2D eigenvalue weighted by atomic mass is 35.7. The Balaban J connectivity index is 0.000000808. The Morgan fingerprint density at radius 1 is 0.780 bits per heavy atom. The number of thioether (sulfide) groups is 1. The third-order valence-corrected chi connectivity index (χ3v) is 13.5. The second kappa shape index (κ2) is 15.9. The van der Waals surface area contributed by atoms with Gasteiger partial charge in [0.25, 0.3) is 17.2 Å². The molecular weight excluding hydrogens is 717 g/mol. The lowest BCUT2D eigenvalue weighted by atomic mass is 10.2. The molecule has 0 bridgehead atoms. The zero-order valence-corrected chi connectivity index (χ0v) is 29.8. The lowest BCUT2D eigenvalue weighted by Gasteiger charge is -2.30. The Labute approximate surface area is 301 Å². The number of rotatable bonds is 8. The number of halogens is 1. The van der Waals surface area contributed by atoms with Gasteiger partial charge in [0.1, 0.15) is 20.2 Å². The van der Waals surface area contributed by atoms with Crippen LogP contribution >= 0.6 is 31.2 Å². The maximum absolute atomic E-state index is 13.6. The number of anilines is 1. The van der Waals surface area contributed by atoms with Gasteiger partial charge in [-0.15, -0.1) is 10.2 Å². The Morgan fingerprint density at radius 2 is 1.24 bits per heavy atom. The van der Waals surface area contributed by atoms with Crippen LogP contribution in [0.2, 0.25) is 0 Å². The van der Waals surface area contributed by atoms with Crippen molar-refractivity contribution in [2.75, 3.05) is 31.2 Å². The van der Waals surface area contributed by atoms with Crippen LogP contribution in [0.25, 0.3) is 6.08 Å². The number of nitrogens with zero attached hydrogens (tertiary/aromatic N) is 3. The number of oxazole rings is 1. The second-order valence-electron chi connectivity index (χ2n) is 11.1. The van der Waals surface area contributed by atoms with Gasteiger partial charge in [-0.25, -0.2) is 18.6 Å². The first-order valence-electron chi connectivity index (χ1n) is 15.5. The number of amides is 1. The van der Waals surface area contributed by atoms with Gasteiger partial charge in [-0.1, -0.05) is 109 Å². The van der Waals surface area contributed by atoms with Crippen LogP contribution in [0.15, 0.2) is 131 Å². The molecule has 0 spiro atoms. The maximum Gasteiger partial charge on any atom is 0.266 e. The van der Waals surface area contributed by atoms with E-state index < -0.39 is 17.5 Å². The van der Waals surface area contributed by atoms with E-state index in [0.29, 0.717) is 53.8 Å². The smallest absolute Gasteiger partial charge is 0.266 e. The summed E-state index contributed by atoms with van der Waals surface area (Å²) in [6.07, 6.45) is 1.76. The van der Waals surface area contributed by atoms with Crippen molar-refractivity contribution in [3.05, 3.63) is 138 Å². The average Bonchev–Trinajstić information content (AvgIpc) is 3.66.